The van der Waals surface area contributed by atoms with E-state index in [1.54, 1.807) is 25.1 Å². The number of thiocarbonyl (C=S) groups is 1. The monoisotopic (exact) mass is 395 g/mol. The molecular weight excluding hydrogens is 382 g/mol. The lowest BCUT2D eigenvalue weighted by Crippen LogP contribution is -2.37. The maximum Gasteiger partial charge on any atom is 0.273 e. The molecular formula is C16H14ClN3O5S. The Balaban J connectivity index is 1.89. The summed E-state index contributed by atoms with van der Waals surface area (Å²) in [5.41, 5.74) is 0.631. The molecule has 0 aromatic heterocycles. The number of aromatic hydroxyl groups is 1. The first-order valence-electron chi connectivity index (χ1n) is 7.23. The summed E-state index contributed by atoms with van der Waals surface area (Å²) in [7, 11) is 0. The van der Waals surface area contributed by atoms with Crippen molar-refractivity contribution < 1.29 is 19.6 Å². The van der Waals surface area contributed by atoms with Crippen molar-refractivity contribution in [3.8, 4) is 11.5 Å². The molecule has 2 aromatic rings. The summed E-state index contributed by atoms with van der Waals surface area (Å²) in [6.45, 7) is 1.51. The van der Waals surface area contributed by atoms with Gasteiger partial charge in [0.1, 0.15) is 11.5 Å². The minimum Gasteiger partial charge on any atom is -0.506 e. The second-order valence-electron chi connectivity index (χ2n) is 5.16. The zero-order chi connectivity index (χ0) is 19.3. The number of nitrogens with zero attached hydrogens (tertiary/aromatic N) is 1. The molecule has 1 amide bonds. The molecule has 0 heterocycles. The summed E-state index contributed by atoms with van der Waals surface area (Å²) >= 11 is 10.8. The van der Waals surface area contributed by atoms with Gasteiger partial charge in [0.15, 0.2) is 11.7 Å². The quantitative estimate of drug-likeness (QED) is 0.308. The van der Waals surface area contributed by atoms with Gasteiger partial charge in [-0.1, -0.05) is 11.6 Å². The molecule has 0 bridgehead atoms. The topological polar surface area (TPSA) is 114 Å². The number of ether oxygens (including phenoxy) is 1. The molecule has 0 aliphatic carbocycles. The fraction of sp³-hybridized carbons (Fsp3) is 0.125. The molecule has 136 valence electrons. The number of amides is 1. The number of non-ortho nitro benzene ring substituents is 1. The van der Waals surface area contributed by atoms with Crippen LogP contribution in [-0.2, 0) is 4.79 Å². The highest BCUT2D eigenvalue weighted by Crippen LogP contribution is 2.27. The minimum absolute atomic E-state index is 0.0874. The summed E-state index contributed by atoms with van der Waals surface area (Å²) in [5.74, 6) is -0.376. The normalized spacial score (nSPS) is 10.1. The standard InChI is InChI=1S/C16H14ClN3O5S/c1-9-6-10(17)2-5-14(9)25-8-15(22)19-16(26)18-12-4-3-11(20(23)24)7-13(12)21/h2-7,21H,8H2,1H3,(H2,18,19,22,26). The van der Waals surface area contributed by atoms with Crippen LogP contribution in [0.15, 0.2) is 36.4 Å². The van der Waals surface area contributed by atoms with Crippen LogP contribution < -0.4 is 15.4 Å². The second-order valence-corrected chi connectivity index (χ2v) is 6.00. The third-order valence-electron chi connectivity index (χ3n) is 3.19. The van der Waals surface area contributed by atoms with E-state index in [4.69, 9.17) is 28.6 Å². The molecule has 10 heteroatoms. The van der Waals surface area contributed by atoms with Gasteiger partial charge in [0.05, 0.1) is 16.7 Å². The van der Waals surface area contributed by atoms with E-state index in [1.807, 2.05) is 0 Å². The number of nitrogens with one attached hydrogen (secondary N) is 2. The molecule has 8 nitrogen and oxygen atoms in total. The maximum atomic E-state index is 11.9. The molecule has 2 rings (SSSR count). The fourth-order valence-electron chi connectivity index (χ4n) is 1.97. The van der Waals surface area contributed by atoms with Crippen molar-refractivity contribution in [3.05, 3.63) is 57.1 Å². The number of phenols is 1. The number of benzene rings is 2. The zero-order valence-electron chi connectivity index (χ0n) is 13.5. The lowest BCUT2D eigenvalue weighted by molar-refractivity contribution is -0.384. The van der Waals surface area contributed by atoms with Crippen molar-refractivity contribution in [1.29, 1.82) is 0 Å². The lowest BCUT2D eigenvalue weighted by atomic mass is 10.2. The third kappa shape index (κ3) is 5.30. The van der Waals surface area contributed by atoms with E-state index in [-0.39, 0.29) is 28.8 Å². The number of nitro groups is 1. The number of hydrogen-bond acceptors (Lipinski definition) is 6. The molecule has 0 saturated carbocycles. The Labute approximate surface area is 158 Å². The molecule has 0 aliphatic heterocycles. The average Bonchev–Trinajstić information content (AvgIpc) is 2.55. The fourth-order valence-corrected chi connectivity index (χ4v) is 2.42. The minimum atomic E-state index is -0.639. The van der Waals surface area contributed by atoms with Crippen molar-refractivity contribution in [3.63, 3.8) is 0 Å². The summed E-state index contributed by atoms with van der Waals surface area (Å²) in [4.78, 5) is 21.9. The van der Waals surface area contributed by atoms with Gasteiger partial charge in [-0.05, 0) is 49.0 Å². The highest BCUT2D eigenvalue weighted by Gasteiger charge is 2.12. The number of carbonyl (C=O) groups is 1. The molecule has 0 saturated heterocycles. The predicted molar refractivity (Wildman–Crippen MR) is 101 cm³/mol. The van der Waals surface area contributed by atoms with E-state index >= 15 is 0 Å². The van der Waals surface area contributed by atoms with Crippen molar-refractivity contribution in [2.24, 2.45) is 0 Å². The number of anilines is 1. The first-order valence-corrected chi connectivity index (χ1v) is 8.02. The molecule has 0 radical (unpaired) electrons. The molecule has 3 N–H and O–H groups in total. The molecule has 0 aliphatic rings. The van der Waals surface area contributed by atoms with Crippen LogP contribution in [0.3, 0.4) is 0 Å². The average molecular weight is 396 g/mol. The van der Waals surface area contributed by atoms with Crippen molar-refractivity contribution in [2.45, 2.75) is 6.92 Å². The van der Waals surface area contributed by atoms with E-state index < -0.39 is 10.8 Å². The molecule has 2 aromatic carbocycles. The van der Waals surface area contributed by atoms with E-state index in [0.717, 1.165) is 11.6 Å². The third-order valence-corrected chi connectivity index (χ3v) is 3.63. The van der Waals surface area contributed by atoms with Crippen molar-refractivity contribution >= 4 is 46.2 Å². The van der Waals surface area contributed by atoms with Crippen LogP contribution in [0.4, 0.5) is 11.4 Å². The van der Waals surface area contributed by atoms with Gasteiger partial charge in [-0.25, -0.2) is 0 Å². The van der Waals surface area contributed by atoms with E-state index in [9.17, 15) is 20.0 Å². The lowest BCUT2D eigenvalue weighted by Gasteiger charge is -2.12. The maximum absolute atomic E-state index is 11.9. The van der Waals surface area contributed by atoms with Gasteiger partial charge in [-0.2, -0.15) is 0 Å². The Kier molecular flexibility index (Phi) is 6.31. The number of rotatable bonds is 5. The largest absolute Gasteiger partial charge is 0.506 e. The van der Waals surface area contributed by atoms with Crippen LogP contribution in [0.5, 0.6) is 11.5 Å². The molecule has 0 unspecified atom stereocenters. The summed E-state index contributed by atoms with van der Waals surface area (Å²) < 4.78 is 5.39. The number of nitro benzene ring substituents is 1. The first-order chi connectivity index (χ1) is 12.3. The predicted octanol–water partition coefficient (Wildman–Crippen LogP) is 3.15. The molecule has 0 atom stereocenters. The Hall–Kier alpha value is -2.91. The number of aryl methyl sites for hydroxylation is 1. The molecule has 26 heavy (non-hydrogen) atoms. The number of hydrogen-bond donors (Lipinski definition) is 3. The second kappa shape index (κ2) is 8.45. The number of phenolic OH excluding ortho intramolecular Hbond substituents is 1. The van der Waals surface area contributed by atoms with Gasteiger partial charge in [0, 0.05) is 11.1 Å². The first kappa shape index (κ1) is 19.4. The number of carbonyl (C=O) groups excluding carboxylic acids is 1. The van der Waals surface area contributed by atoms with Gasteiger partial charge in [0.2, 0.25) is 0 Å². The highest BCUT2D eigenvalue weighted by molar-refractivity contribution is 7.80. The molecule has 0 fully saturated rings. The van der Waals surface area contributed by atoms with Crippen LogP contribution in [0.25, 0.3) is 0 Å². The highest BCUT2D eigenvalue weighted by atomic mass is 35.5. The zero-order valence-corrected chi connectivity index (χ0v) is 15.1. The van der Waals surface area contributed by atoms with Gasteiger partial charge in [-0.3, -0.25) is 20.2 Å². The Morgan fingerprint density at radius 2 is 2.08 bits per heavy atom. The van der Waals surface area contributed by atoms with Crippen LogP contribution in [0, 0.1) is 17.0 Å². The van der Waals surface area contributed by atoms with E-state index in [0.29, 0.717) is 10.8 Å². The van der Waals surface area contributed by atoms with Crippen LogP contribution in [-0.4, -0.2) is 27.7 Å². The van der Waals surface area contributed by atoms with Gasteiger partial charge < -0.3 is 15.2 Å². The summed E-state index contributed by atoms with van der Waals surface area (Å²) in [6, 6.07) is 8.44. The van der Waals surface area contributed by atoms with Crippen LogP contribution in [0.1, 0.15) is 5.56 Å². The Morgan fingerprint density at radius 1 is 1.35 bits per heavy atom. The van der Waals surface area contributed by atoms with Gasteiger partial charge in [0.25, 0.3) is 11.6 Å². The SMILES string of the molecule is Cc1cc(Cl)ccc1OCC(=O)NC(=S)Nc1ccc([N+](=O)[O-])cc1O. The van der Waals surface area contributed by atoms with Gasteiger partial charge >= 0.3 is 0 Å². The van der Waals surface area contributed by atoms with Crippen LogP contribution >= 0.6 is 23.8 Å². The number of halogens is 1. The van der Waals surface area contributed by atoms with Gasteiger partial charge in [-0.15, -0.1) is 0 Å². The van der Waals surface area contributed by atoms with E-state index in [2.05, 4.69) is 10.6 Å². The van der Waals surface area contributed by atoms with E-state index in [1.165, 1.54) is 12.1 Å². The van der Waals surface area contributed by atoms with Crippen LogP contribution in [0.2, 0.25) is 5.02 Å². The smallest absolute Gasteiger partial charge is 0.273 e. The Morgan fingerprint density at radius 3 is 2.69 bits per heavy atom. The molecule has 0 spiro atoms. The Bertz CT molecular complexity index is 875. The summed E-state index contributed by atoms with van der Waals surface area (Å²) in [5, 5.41) is 25.8. The summed E-state index contributed by atoms with van der Waals surface area (Å²) in [6.07, 6.45) is 0. The van der Waals surface area contributed by atoms with Crippen molar-refractivity contribution in [2.75, 3.05) is 11.9 Å². The van der Waals surface area contributed by atoms with Crippen molar-refractivity contribution in [1.82, 2.24) is 5.32 Å².